The summed E-state index contributed by atoms with van der Waals surface area (Å²) in [5.41, 5.74) is 5.70. The summed E-state index contributed by atoms with van der Waals surface area (Å²) in [6, 6.07) is 1.79. The van der Waals surface area contributed by atoms with Crippen molar-refractivity contribution in [3.8, 4) is 0 Å². The van der Waals surface area contributed by atoms with Gasteiger partial charge in [-0.2, -0.15) is 0 Å². The van der Waals surface area contributed by atoms with Gasteiger partial charge in [-0.3, -0.25) is 0 Å². The molecule has 8 heteroatoms. The minimum atomic E-state index is -0.321. The molecule has 3 rings (SSSR count). The molecular weight excluding hydrogens is 334 g/mol. The van der Waals surface area contributed by atoms with Crippen LogP contribution in [-0.4, -0.2) is 39.3 Å². The van der Waals surface area contributed by atoms with Crippen LogP contribution < -0.4 is 10.6 Å². The third-order valence-corrected chi connectivity index (χ3v) is 5.44. The van der Waals surface area contributed by atoms with Crippen LogP contribution in [0, 0.1) is 5.92 Å². The van der Waals surface area contributed by atoms with Crippen LogP contribution in [-0.2, 0) is 0 Å². The minimum Gasteiger partial charge on any atom is -0.391 e. The number of β-amino-alcohol motifs (C(OH)–C–C–N with tert-alkyl or cyclic N) is 1. The van der Waals surface area contributed by atoms with Gasteiger partial charge in [0.15, 0.2) is 0 Å². The van der Waals surface area contributed by atoms with E-state index in [1.54, 1.807) is 24.7 Å². The maximum Gasteiger partial charge on any atom is 0.147 e. The number of hydrogen-bond acceptors (Lipinski definition) is 7. The van der Waals surface area contributed by atoms with Gasteiger partial charge in [0.1, 0.15) is 16.7 Å². The van der Waals surface area contributed by atoms with E-state index >= 15 is 0 Å². The standard InChI is InChI=1S/C15H18ClN5OS/c1-9-3-5-21(8-10(9)22)12-6-20-13(7-19-12)23-11-2-4-18-15(17)14(11)16/h2,4,6-7,9-10,22H,3,5,8H2,1H3,(H2,17,18). The number of rotatable bonds is 3. The second-order valence-corrected chi connectivity index (χ2v) is 7.04. The van der Waals surface area contributed by atoms with E-state index in [9.17, 15) is 5.11 Å². The Balaban J connectivity index is 1.71. The second-order valence-electron chi connectivity index (χ2n) is 5.60. The van der Waals surface area contributed by atoms with E-state index in [4.69, 9.17) is 17.3 Å². The van der Waals surface area contributed by atoms with Gasteiger partial charge in [0.05, 0.1) is 23.5 Å². The van der Waals surface area contributed by atoms with Crippen molar-refractivity contribution in [2.45, 2.75) is 29.4 Å². The Morgan fingerprint density at radius 2 is 2.17 bits per heavy atom. The smallest absolute Gasteiger partial charge is 0.147 e. The molecular formula is C15H18ClN5OS. The van der Waals surface area contributed by atoms with Crippen LogP contribution in [0.2, 0.25) is 5.02 Å². The highest BCUT2D eigenvalue weighted by Gasteiger charge is 2.25. The van der Waals surface area contributed by atoms with E-state index < -0.39 is 0 Å². The second kappa shape index (κ2) is 6.90. The van der Waals surface area contributed by atoms with Crippen LogP contribution in [0.5, 0.6) is 0 Å². The molecule has 2 aromatic heterocycles. The summed E-state index contributed by atoms with van der Waals surface area (Å²) >= 11 is 7.52. The molecule has 23 heavy (non-hydrogen) atoms. The highest BCUT2D eigenvalue weighted by Crippen LogP contribution is 2.34. The summed E-state index contributed by atoms with van der Waals surface area (Å²) < 4.78 is 0. The molecule has 2 unspecified atom stereocenters. The van der Waals surface area contributed by atoms with Crippen molar-refractivity contribution in [2.75, 3.05) is 23.7 Å². The van der Waals surface area contributed by atoms with Crippen LogP contribution >= 0.6 is 23.4 Å². The summed E-state index contributed by atoms with van der Waals surface area (Å²) in [5.74, 6) is 1.41. The molecule has 0 spiro atoms. The Hall–Kier alpha value is -1.57. The predicted octanol–water partition coefficient (Wildman–Crippen LogP) is 2.47. The van der Waals surface area contributed by atoms with Gasteiger partial charge in [0.2, 0.25) is 0 Å². The fraction of sp³-hybridized carbons (Fsp3) is 0.400. The number of nitrogen functional groups attached to an aromatic ring is 1. The number of aliphatic hydroxyl groups is 1. The number of pyridine rings is 1. The summed E-state index contributed by atoms with van der Waals surface area (Å²) in [6.07, 6.45) is 5.67. The molecule has 0 aliphatic carbocycles. The van der Waals surface area contributed by atoms with Crippen LogP contribution in [0.3, 0.4) is 0 Å². The highest BCUT2D eigenvalue weighted by molar-refractivity contribution is 7.99. The lowest BCUT2D eigenvalue weighted by atomic mass is 9.96. The molecule has 1 aliphatic heterocycles. The first-order chi connectivity index (χ1) is 11.0. The van der Waals surface area contributed by atoms with E-state index in [2.05, 4.69) is 26.8 Å². The van der Waals surface area contributed by atoms with Gasteiger partial charge in [-0.1, -0.05) is 30.3 Å². The SMILES string of the molecule is CC1CCN(c2cnc(Sc3ccnc(N)c3Cl)cn2)CC1O. The van der Waals surface area contributed by atoms with Gasteiger partial charge >= 0.3 is 0 Å². The number of aliphatic hydroxyl groups excluding tert-OH is 1. The Bertz CT molecular complexity index is 684. The summed E-state index contributed by atoms with van der Waals surface area (Å²) in [4.78, 5) is 15.7. The fourth-order valence-corrected chi connectivity index (χ4v) is 3.40. The number of anilines is 2. The van der Waals surface area contributed by atoms with Gasteiger partial charge in [0.25, 0.3) is 0 Å². The van der Waals surface area contributed by atoms with Crippen molar-refractivity contribution in [3.63, 3.8) is 0 Å². The van der Waals surface area contributed by atoms with Crippen molar-refractivity contribution in [2.24, 2.45) is 5.92 Å². The molecule has 2 aromatic rings. The molecule has 2 atom stereocenters. The van der Waals surface area contributed by atoms with Gasteiger partial charge in [-0.05, 0) is 18.4 Å². The number of halogens is 1. The first kappa shape index (κ1) is 16.3. The van der Waals surface area contributed by atoms with Gasteiger partial charge < -0.3 is 15.7 Å². The Kier molecular flexibility index (Phi) is 4.89. The molecule has 6 nitrogen and oxygen atoms in total. The first-order valence-corrected chi connectivity index (χ1v) is 8.57. The zero-order valence-corrected chi connectivity index (χ0v) is 14.3. The minimum absolute atomic E-state index is 0.303. The lowest BCUT2D eigenvalue weighted by molar-refractivity contribution is 0.102. The lowest BCUT2D eigenvalue weighted by Crippen LogP contribution is -2.43. The molecule has 1 fully saturated rings. The molecule has 1 saturated heterocycles. The Labute approximate surface area is 144 Å². The predicted molar refractivity (Wildman–Crippen MR) is 91.8 cm³/mol. The molecule has 0 aromatic carbocycles. The van der Waals surface area contributed by atoms with Gasteiger partial charge in [0, 0.05) is 24.2 Å². The quantitative estimate of drug-likeness (QED) is 0.878. The molecule has 3 N–H and O–H groups in total. The fourth-order valence-electron chi connectivity index (χ4n) is 2.42. The lowest BCUT2D eigenvalue weighted by Gasteiger charge is -2.34. The normalized spacial score (nSPS) is 21.4. The van der Waals surface area contributed by atoms with E-state index in [0.717, 1.165) is 28.7 Å². The van der Waals surface area contributed by atoms with Crippen LogP contribution in [0.4, 0.5) is 11.6 Å². The van der Waals surface area contributed by atoms with E-state index in [0.29, 0.717) is 23.3 Å². The summed E-state index contributed by atoms with van der Waals surface area (Å²) in [7, 11) is 0. The van der Waals surface area contributed by atoms with E-state index in [-0.39, 0.29) is 6.10 Å². The maximum atomic E-state index is 9.99. The van der Waals surface area contributed by atoms with Crippen molar-refractivity contribution < 1.29 is 5.11 Å². The molecule has 0 amide bonds. The number of hydrogen-bond donors (Lipinski definition) is 2. The monoisotopic (exact) mass is 351 g/mol. The first-order valence-electron chi connectivity index (χ1n) is 7.37. The van der Waals surface area contributed by atoms with Crippen molar-refractivity contribution in [1.29, 1.82) is 0 Å². The average molecular weight is 352 g/mol. The Morgan fingerprint density at radius 1 is 1.35 bits per heavy atom. The third-order valence-electron chi connectivity index (χ3n) is 3.95. The van der Waals surface area contributed by atoms with Gasteiger partial charge in [-0.25, -0.2) is 15.0 Å². The molecule has 0 saturated carbocycles. The molecule has 0 bridgehead atoms. The molecule has 0 radical (unpaired) electrons. The maximum absolute atomic E-state index is 9.99. The molecule has 1 aliphatic rings. The van der Waals surface area contributed by atoms with Crippen LogP contribution in [0.25, 0.3) is 0 Å². The Morgan fingerprint density at radius 3 is 2.87 bits per heavy atom. The largest absolute Gasteiger partial charge is 0.391 e. The topological polar surface area (TPSA) is 88.2 Å². The van der Waals surface area contributed by atoms with Crippen LogP contribution in [0.15, 0.2) is 34.6 Å². The van der Waals surface area contributed by atoms with Crippen molar-refractivity contribution >= 4 is 35.0 Å². The number of piperidine rings is 1. The van der Waals surface area contributed by atoms with Crippen molar-refractivity contribution in [3.05, 3.63) is 29.7 Å². The molecule has 3 heterocycles. The zero-order valence-electron chi connectivity index (χ0n) is 12.7. The highest BCUT2D eigenvalue weighted by atomic mass is 35.5. The summed E-state index contributed by atoms with van der Waals surface area (Å²) in [6.45, 7) is 3.54. The third kappa shape index (κ3) is 3.68. The number of aromatic nitrogens is 3. The van der Waals surface area contributed by atoms with E-state index in [1.165, 1.54) is 11.8 Å². The van der Waals surface area contributed by atoms with E-state index in [1.807, 2.05) is 0 Å². The average Bonchev–Trinajstić information content (AvgIpc) is 2.55. The number of nitrogens with zero attached hydrogens (tertiary/aromatic N) is 4. The zero-order chi connectivity index (χ0) is 16.4. The number of nitrogens with two attached hydrogens (primary N) is 1. The van der Waals surface area contributed by atoms with Crippen LogP contribution in [0.1, 0.15) is 13.3 Å². The van der Waals surface area contributed by atoms with Gasteiger partial charge in [-0.15, -0.1) is 0 Å². The molecule has 122 valence electrons. The summed E-state index contributed by atoms with van der Waals surface area (Å²) in [5, 5.41) is 11.1. The van der Waals surface area contributed by atoms with Crippen molar-refractivity contribution in [1.82, 2.24) is 15.0 Å².